The highest BCUT2D eigenvalue weighted by molar-refractivity contribution is 7.45. The number of phosphoric acid groups is 2. The smallest absolute Gasteiger partial charge is 0.460 e. The van der Waals surface area contributed by atoms with Gasteiger partial charge in [0.15, 0.2) is 0 Å². The van der Waals surface area contributed by atoms with Crippen LogP contribution in [0, 0.1) is 0 Å². The normalized spacial score (nSPS) is 9.79. The average molecular weight is 456 g/mol. The Kier molecular flexibility index (Phi) is 23.0. The number of aliphatic hydroxyl groups excluding tert-OH is 2. The molecule has 0 radical (unpaired) electrons. The van der Waals surface area contributed by atoms with E-state index in [4.69, 9.17) is 48.7 Å². The van der Waals surface area contributed by atoms with Gasteiger partial charge in [-0.2, -0.15) is 0 Å². The summed E-state index contributed by atoms with van der Waals surface area (Å²) >= 11 is 0. The molecule has 0 saturated heterocycles. The van der Waals surface area contributed by atoms with E-state index in [1.54, 1.807) is 13.8 Å². The van der Waals surface area contributed by atoms with Gasteiger partial charge in [0.2, 0.25) is 0 Å². The molecule has 0 atom stereocenters. The first-order chi connectivity index (χ1) is 12.4. The van der Waals surface area contributed by atoms with Gasteiger partial charge in [0.1, 0.15) is 13.2 Å². The van der Waals surface area contributed by atoms with Gasteiger partial charge in [0.05, 0.1) is 13.2 Å². The van der Waals surface area contributed by atoms with Crippen LogP contribution in [0.4, 0.5) is 0 Å². The molecule has 16 heteroatoms. The molecule has 0 bridgehead atoms. The summed E-state index contributed by atoms with van der Waals surface area (Å²) in [7, 11) is -9.28. The highest BCUT2D eigenvalue weighted by atomic mass is 31.2. The van der Waals surface area contributed by atoms with Gasteiger partial charge in [0, 0.05) is 11.1 Å². The van der Waals surface area contributed by atoms with Crippen molar-refractivity contribution in [3.05, 3.63) is 24.3 Å². The lowest BCUT2D eigenvalue weighted by Gasteiger charge is -1.99. The molecule has 0 fully saturated rings. The zero-order valence-corrected chi connectivity index (χ0v) is 17.0. The summed E-state index contributed by atoms with van der Waals surface area (Å²) in [6.45, 7) is 9.63. The number of carbonyl (C=O) groups is 2. The van der Waals surface area contributed by atoms with Gasteiger partial charge in [0.25, 0.3) is 0 Å². The summed E-state index contributed by atoms with van der Waals surface area (Å²) in [4.78, 5) is 64.1. The number of carbonyl (C=O) groups excluding carboxylic acids is 2. The molecule has 14 nitrogen and oxygen atoms in total. The maximum Gasteiger partial charge on any atom is 0.466 e. The van der Waals surface area contributed by atoms with Crippen LogP contribution in [-0.4, -0.2) is 77.9 Å². The van der Waals surface area contributed by atoms with Crippen molar-refractivity contribution >= 4 is 27.6 Å². The number of hydrogen-bond donors (Lipinski definition) is 8. The zero-order valence-electron chi connectivity index (χ0n) is 15.2. The maximum atomic E-state index is 10.5. The second kappa shape index (κ2) is 18.9. The van der Waals surface area contributed by atoms with Crippen LogP contribution in [0.3, 0.4) is 0 Å². The highest BCUT2D eigenvalue weighted by Crippen LogP contribution is 2.26. The number of ether oxygens (including phenoxy) is 2. The SMILES string of the molecule is C=C(C)C(=O)OCCO.C=C(C)C(=O)OCCO.O=P(O)(O)O.O=P(O)(O)O. The van der Waals surface area contributed by atoms with Crippen LogP contribution in [0.1, 0.15) is 13.8 Å². The second-order valence-corrected chi connectivity index (χ2v) is 6.36. The van der Waals surface area contributed by atoms with Crippen molar-refractivity contribution in [2.75, 3.05) is 26.4 Å². The van der Waals surface area contributed by atoms with Crippen molar-refractivity contribution in [3.63, 3.8) is 0 Å². The van der Waals surface area contributed by atoms with Gasteiger partial charge in [-0.05, 0) is 13.8 Å². The summed E-state index contributed by atoms with van der Waals surface area (Å²) in [5, 5.41) is 16.4. The Hall–Kier alpha value is -1.44. The summed E-state index contributed by atoms with van der Waals surface area (Å²) < 4.78 is 26.7. The van der Waals surface area contributed by atoms with Crippen molar-refractivity contribution in [2.45, 2.75) is 13.8 Å². The topological polar surface area (TPSA) is 249 Å². The van der Waals surface area contributed by atoms with E-state index in [-0.39, 0.29) is 26.4 Å². The van der Waals surface area contributed by atoms with E-state index in [0.29, 0.717) is 11.1 Å². The molecule has 0 aliphatic carbocycles. The van der Waals surface area contributed by atoms with Crippen LogP contribution in [0.25, 0.3) is 0 Å². The van der Waals surface area contributed by atoms with Crippen molar-refractivity contribution in [2.24, 2.45) is 0 Å². The van der Waals surface area contributed by atoms with E-state index in [0.717, 1.165) is 0 Å². The Morgan fingerprint density at radius 3 is 1.00 bits per heavy atom. The van der Waals surface area contributed by atoms with Gasteiger partial charge in [-0.15, -0.1) is 0 Å². The van der Waals surface area contributed by atoms with Crippen molar-refractivity contribution in [3.8, 4) is 0 Å². The molecule has 0 aliphatic rings. The van der Waals surface area contributed by atoms with Gasteiger partial charge in [-0.25, -0.2) is 18.7 Å². The van der Waals surface area contributed by atoms with Gasteiger partial charge >= 0.3 is 27.6 Å². The number of aliphatic hydroxyl groups is 2. The third-order valence-corrected chi connectivity index (χ3v) is 1.35. The highest BCUT2D eigenvalue weighted by Gasteiger charge is 2.01. The molecule has 0 heterocycles. The van der Waals surface area contributed by atoms with Crippen molar-refractivity contribution in [1.82, 2.24) is 0 Å². The lowest BCUT2D eigenvalue weighted by atomic mass is 10.4. The molecule has 0 rings (SSSR count). The maximum absolute atomic E-state index is 10.5. The monoisotopic (exact) mass is 456 g/mol. The second-order valence-electron chi connectivity index (χ2n) is 4.31. The minimum atomic E-state index is -4.64. The molecule has 0 aromatic rings. The summed E-state index contributed by atoms with van der Waals surface area (Å²) in [6.07, 6.45) is 0. The minimum absolute atomic E-state index is 0.0473. The fourth-order valence-corrected chi connectivity index (χ4v) is 0.523. The molecule has 0 unspecified atom stereocenters. The van der Waals surface area contributed by atoms with E-state index in [1.165, 1.54) is 0 Å². The van der Waals surface area contributed by atoms with E-state index < -0.39 is 27.6 Å². The van der Waals surface area contributed by atoms with Crippen molar-refractivity contribution < 1.29 is 67.8 Å². The molecule has 0 saturated carbocycles. The molecule has 0 aromatic carbocycles. The van der Waals surface area contributed by atoms with Crippen LogP contribution in [0.2, 0.25) is 0 Å². The average Bonchev–Trinajstić information content (AvgIpc) is 2.47. The van der Waals surface area contributed by atoms with Crippen LogP contribution < -0.4 is 0 Å². The Morgan fingerprint density at radius 1 is 0.714 bits per heavy atom. The van der Waals surface area contributed by atoms with Crippen LogP contribution >= 0.6 is 15.6 Å². The van der Waals surface area contributed by atoms with Gasteiger partial charge in [-0.3, -0.25) is 0 Å². The van der Waals surface area contributed by atoms with Crippen LogP contribution in [0.15, 0.2) is 24.3 Å². The minimum Gasteiger partial charge on any atom is -0.460 e. The molecule has 8 N–H and O–H groups in total. The largest absolute Gasteiger partial charge is 0.466 e. The molecule has 0 aliphatic heterocycles. The van der Waals surface area contributed by atoms with Crippen LogP contribution in [0.5, 0.6) is 0 Å². The Bertz CT molecular complexity index is 494. The molecule has 0 spiro atoms. The molecule has 0 amide bonds. The van der Waals surface area contributed by atoms with Gasteiger partial charge in [-0.1, -0.05) is 13.2 Å². The van der Waals surface area contributed by atoms with E-state index in [9.17, 15) is 9.59 Å². The fourth-order valence-electron chi connectivity index (χ4n) is 0.523. The molecule has 0 aromatic heterocycles. The zero-order chi connectivity index (χ0) is 23.6. The van der Waals surface area contributed by atoms with Gasteiger partial charge < -0.3 is 49.0 Å². The third-order valence-electron chi connectivity index (χ3n) is 1.35. The predicted octanol–water partition coefficient (Wildman–Crippen LogP) is -1.66. The van der Waals surface area contributed by atoms with E-state index in [2.05, 4.69) is 22.6 Å². The molecule has 168 valence electrons. The van der Waals surface area contributed by atoms with E-state index >= 15 is 0 Å². The summed E-state index contributed by atoms with van der Waals surface area (Å²) in [5.41, 5.74) is 0.701. The first-order valence-electron chi connectivity index (χ1n) is 6.80. The lowest BCUT2D eigenvalue weighted by Crippen LogP contribution is -2.08. The number of hydrogen-bond acceptors (Lipinski definition) is 8. The first kappa shape index (κ1) is 34.1. The van der Waals surface area contributed by atoms with Crippen molar-refractivity contribution in [1.29, 1.82) is 0 Å². The summed E-state index contributed by atoms with van der Waals surface area (Å²) in [6, 6.07) is 0. The Balaban J connectivity index is -0.000000143. The van der Waals surface area contributed by atoms with E-state index in [1.807, 2.05) is 0 Å². The predicted molar refractivity (Wildman–Crippen MR) is 94.2 cm³/mol. The molecular formula is C12H26O14P2. The number of rotatable bonds is 6. The fraction of sp³-hybridized carbons (Fsp3) is 0.500. The third kappa shape index (κ3) is 64.3. The Labute approximate surface area is 160 Å². The Morgan fingerprint density at radius 2 is 0.893 bits per heavy atom. The number of esters is 2. The first-order valence-corrected chi connectivity index (χ1v) is 9.93. The molecular weight excluding hydrogens is 430 g/mol. The lowest BCUT2D eigenvalue weighted by molar-refractivity contribution is -0.140. The summed E-state index contributed by atoms with van der Waals surface area (Å²) in [5.74, 6) is -0.909. The molecule has 28 heavy (non-hydrogen) atoms. The quantitative estimate of drug-likeness (QED) is 0.127. The standard InChI is InChI=1S/2C6H10O3.2H3O4P/c2*1-5(2)6(8)9-4-3-7;2*1-5(2,3)4/h2*7H,1,3-4H2,2H3;2*(H3,1,2,3,4). The van der Waals surface area contributed by atoms with Crippen LogP contribution in [-0.2, 0) is 28.2 Å².